The summed E-state index contributed by atoms with van der Waals surface area (Å²) in [5.74, 6) is 0.280. The average molecular weight is 141 g/mol. The van der Waals surface area contributed by atoms with Gasteiger partial charge in [-0.3, -0.25) is 4.79 Å². The summed E-state index contributed by atoms with van der Waals surface area (Å²) in [4.78, 5) is 15.4. The van der Waals surface area contributed by atoms with Gasteiger partial charge < -0.3 is 4.84 Å². The lowest BCUT2D eigenvalue weighted by atomic mass is 9.98. The fraction of sp³-hybridized carbons (Fsp3) is 0.714. The molecule has 0 saturated heterocycles. The van der Waals surface area contributed by atoms with Crippen molar-refractivity contribution in [2.45, 2.75) is 25.7 Å². The minimum absolute atomic E-state index is 0.280. The zero-order chi connectivity index (χ0) is 7.40. The highest BCUT2D eigenvalue weighted by Gasteiger charge is 2.14. The Labute approximate surface area is 60.0 Å². The Hall–Kier alpha value is -0.860. The molecule has 1 saturated carbocycles. The van der Waals surface area contributed by atoms with E-state index in [0.29, 0.717) is 12.8 Å². The standard InChI is InChI=1S/C7H11NO2/c1-10-8-6-3-2-4-7(9)5-6/h2-5H2,1H3/b8-6-. The Kier molecular flexibility index (Phi) is 2.42. The summed E-state index contributed by atoms with van der Waals surface area (Å²) < 4.78 is 0. The second-order valence-corrected chi connectivity index (χ2v) is 2.41. The number of hydrogen-bond donors (Lipinski definition) is 0. The molecule has 56 valence electrons. The quantitative estimate of drug-likeness (QED) is 0.513. The highest BCUT2D eigenvalue weighted by Crippen LogP contribution is 2.11. The SMILES string of the molecule is CO/N=C1/CCCC(=O)C1. The van der Waals surface area contributed by atoms with Crippen LogP contribution >= 0.6 is 0 Å². The number of carbonyl (C=O) groups excluding carboxylic acids is 1. The van der Waals surface area contributed by atoms with Crippen molar-refractivity contribution < 1.29 is 9.63 Å². The van der Waals surface area contributed by atoms with Crippen LogP contribution in [0, 0.1) is 0 Å². The van der Waals surface area contributed by atoms with Gasteiger partial charge in [0.15, 0.2) is 0 Å². The fourth-order valence-corrected chi connectivity index (χ4v) is 1.10. The van der Waals surface area contributed by atoms with Crippen LogP contribution in [0.5, 0.6) is 0 Å². The summed E-state index contributed by atoms with van der Waals surface area (Å²) in [5, 5.41) is 3.73. The predicted octanol–water partition coefficient (Wildman–Crippen LogP) is 1.13. The third-order valence-corrected chi connectivity index (χ3v) is 1.54. The topological polar surface area (TPSA) is 38.7 Å². The molecule has 0 heterocycles. The van der Waals surface area contributed by atoms with E-state index in [1.165, 1.54) is 7.11 Å². The first-order valence-electron chi connectivity index (χ1n) is 3.43. The Morgan fingerprint density at radius 3 is 2.90 bits per heavy atom. The molecule has 1 aliphatic carbocycles. The van der Waals surface area contributed by atoms with Gasteiger partial charge in [-0.15, -0.1) is 0 Å². The number of nitrogens with zero attached hydrogens (tertiary/aromatic N) is 1. The first-order valence-corrected chi connectivity index (χ1v) is 3.43. The molecular formula is C7H11NO2. The molecular weight excluding hydrogens is 130 g/mol. The van der Waals surface area contributed by atoms with Gasteiger partial charge in [0.1, 0.15) is 12.9 Å². The summed E-state index contributed by atoms with van der Waals surface area (Å²) in [6.07, 6.45) is 3.05. The molecule has 0 unspecified atom stereocenters. The zero-order valence-electron chi connectivity index (χ0n) is 6.09. The van der Waals surface area contributed by atoms with Crippen molar-refractivity contribution in [1.82, 2.24) is 0 Å². The second kappa shape index (κ2) is 3.34. The highest BCUT2D eigenvalue weighted by molar-refractivity contribution is 6.03. The van der Waals surface area contributed by atoms with E-state index in [1.54, 1.807) is 0 Å². The number of hydrogen-bond acceptors (Lipinski definition) is 3. The van der Waals surface area contributed by atoms with Crippen molar-refractivity contribution >= 4 is 11.5 Å². The van der Waals surface area contributed by atoms with Crippen LogP contribution in [0.4, 0.5) is 0 Å². The third-order valence-electron chi connectivity index (χ3n) is 1.54. The first-order chi connectivity index (χ1) is 4.83. The van der Waals surface area contributed by atoms with E-state index in [-0.39, 0.29) is 5.78 Å². The lowest BCUT2D eigenvalue weighted by molar-refractivity contribution is -0.118. The minimum atomic E-state index is 0.280. The van der Waals surface area contributed by atoms with Gasteiger partial charge in [0.05, 0.1) is 5.71 Å². The molecule has 0 amide bonds. The van der Waals surface area contributed by atoms with Gasteiger partial charge >= 0.3 is 0 Å². The normalized spacial score (nSPS) is 23.3. The van der Waals surface area contributed by atoms with Crippen LogP contribution in [-0.2, 0) is 9.63 Å². The number of carbonyl (C=O) groups is 1. The summed E-state index contributed by atoms with van der Waals surface area (Å²) in [7, 11) is 1.51. The Bertz CT molecular complexity index is 163. The summed E-state index contributed by atoms with van der Waals surface area (Å²) >= 11 is 0. The smallest absolute Gasteiger partial charge is 0.138 e. The van der Waals surface area contributed by atoms with Crippen LogP contribution in [0.25, 0.3) is 0 Å². The molecule has 3 nitrogen and oxygen atoms in total. The minimum Gasteiger partial charge on any atom is -0.399 e. The second-order valence-electron chi connectivity index (χ2n) is 2.41. The number of ketones is 1. The maximum Gasteiger partial charge on any atom is 0.138 e. The molecule has 0 aromatic carbocycles. The van der Waals surface area contributed by atoms with Gasteiger partial charge in [-0.2, -0.15) is 0 Å². The number of rotatable bonds is 1. The lowest BCUT2D eigenvalue weighted by Crippen LogP contribution is -2.14. The molecule has 1 aliphatic rings. The van der Waals surface area contributed by atoms with E-state index in [0.717, 1.165) is 18.6 Å². The molecule has 0 aliphatic heterocycles. The van der Waals surface area contributed by atoms with E-state index >= 15 is 0 Å². The van der Waals surface area contributed by atoms with Crippen LogP contribution in [0.1, 0.15) is 25.7 Å². The fourth-order valence-electron chi connectivity index (χ4n) is 1.10. The summed E-state index contributed by atoms with van der Waals surface area (Å²) in [6.45, 7) is 0. The molecule has 1 fully saturated rings. The van der Waals surface area contributed by atoms with Crippen molar-refractivity contribution in [2.24, 2.45) is 5.16 Å². The maximum atomic E-state index is 10.8. The van der Waals surface area contributed by atoms with E-state index in [9.17, 15) is 4.79 Å². The molecule has 0 spiro atoms. The van der Waals surface area contributed by atoms with Crippen LogP contribution in [0.3, 0.4) is 0 Å². The molecule has 1 rings (SSSR count). The molecule has 0 aromatic heterocycles. The molecule has 3 heteroatoms. The van der Waals surface area contributed by atoms with Crippen LogP contribution in [-0.4, -0.2) is 18.6 Å². The predicted molar refractivity (Wildman–Crippen MR) is 37.9 cm³/mol. The Morgan fingerprint density at radius 1 is 1.50 bits per heavy atom. The van der Waals surface area contributed by atoms with E-state index in [2.05, 4.69) is 9.99 Å². The van der Waals surface area contributed by atoms with E-state index in [4.69, 9.17) is 0 Å². The van der Waals surface area contributed by atoms with Crippen LogP contribution < -0.4 is 0 Å². The first kappa shape index (κ1) is 7.25. The van der Waals surface area contributed by atoms with Gasteiger partial charge in [-0.1, -0.05) is 5.16 Å². The number of oxime groups is 1. The van der Waals surface area contributed by atoms with Gasteiger partial charge in [0, 0.05) is 12.8 Å². The summed E-state index contributed by atoms with van der Waals surface area (Å²) in [5.41, 5.74) is 0.888. The maximum absolute atomic E-state index is 10.8. The van der Waals surface area contributed by atoms with Crippen LogP contribution in [0.2, 0.25) is 0 Å². The lowest BCUT2D eigenvalue weighted by Gasteiger charge is -2.09. The Morgan fingerprint density at radius 2 is 2.30 bits per heavy atom. The van der Waals surface area contributed by atoms with Gasteiger partial charge in [-0.05, 0) is 12.8 Å². The average Bonchev–Trinajstić information content (AvgIpc) is 1.88. The van der Waals surface area contributed by atoms with Gasteiger partial charge in [0.25, 0.3) is 0 Å². The summed E-state index contributed by atoms with van der Waals surface area (Å²) in [6, 6.07) is 0. The molecule has 0 aromatic rings. The highest BCUT2D eigenvalue weighted by atomic mass is 16.6. The van der Waals surface area contributed by atoms with E-state index < -0.39 is 0 Å². The number of Topliss-reactive ketones (excluding diaryl/α,β-unsaturated/α-hetero) is 1. The van der Waals surface area contributed by atoms with Crippen LogP contribution in [0.15, 0.2) is 5.16 Å². The van der Waals surface area contributed by atoms with Crippen molar-refractivity contribution in [3.8, 4) is 0 Å². The van der Waals surface area contributed by atoms with E-state index in [1.807, 2.05) is 0 Å². The van der Waals surface area contributed by atoms with Crippen molar-refractivity contribution in [3.63, 3.8) is 0 Å². The molecule has 10 heavy (non-hydrogen) atoms. The molecule has 0 atom stereocenters. The van der Waals surface area contributed by atoms with Crippen molar-refractivity contribution in [3.05, 3.63) is 0 Å². The largest absolute Gasteiger partial charge is 0.399 e. The zero-order valence-corrected chi connectivity index (χ0v) is 6.09. The molecule has 0 bridgehead atoms. The molecule has 0 N–H and O–H groups in total. The van der Waals surface area contributed by atoms with Gasteiger partial charge in [-0.25, -0.2) is 0 Å². The van der Waals surface area contributed by atoms with Crippen molar-refractivity contribution in [1.29, 1.82) is 0 Å². The molecule has 0 radical (unpaired) electrons. The Balaban J connectivity index is 2.47. The monoisotopic (exact) mass is 141 g/mol. The van der Waals surface area contributed by atoms with Gasteiger partial charge in [0.2, 0.25) is 0 Å². The van der Waals surface area contributed by atoms with Crippen molar-refractivity contribution in [2.75, 3.05) is 7.11 Å². The third kappa shape index (κ3) is 1.83.